The van der Waals surface area contributed by atoms with Gasteiger partial charge in [0.05, 0.1) is 11.4 Å². The van der Waals surface area contributed by atoms with E-state index in [-0.39, 0.29) is 0 Å². The third kappa shape index (κ3) is 2.11. The number of hydrogen-bond donors (Lipinski definition) is 0. The zero-order chi connectivity index (χ0) is 12.4. The van der Waals surface area contributed by atoms with Crippen molar-refractivity contribution in [2.75, 3.05) is 0 Å². The van der Waals surface area contributed by atoms with Crippen LogP contribution in [-0.2, 0) is 0 Å². The molecule has 0 fully saturated rings. The van der Waals surface area contributed by atoms with Crippen LogP contribution in [0.1, 0.15) is 25.0 Å². The van der Waals surface area contributed by atoms with Gasteiger partial charge in [0.25, 0.3) is 0 Å². The van der Waals surface area contributed by atoms with Crippen LogP contribution < -0.4 is 0 Å². The van der Waals surface area contributed by atoms with Crippen molar-refractivity contribution in [2.24, 2.45) is 4.99 Å². The molecule has 0 aromatic carbocycles. The van der Waals surface area contributed by atoms with E-state index in [4.69, 9.17) is 0 Å². The molecular formula is C14H13N3S. The highest BCUT2D eigenvalue weighted by Crippen LogP contribution is 2.29. The minimum Gasteiger partial charge on any atom is -0.246 e. The van der Waals surface area contributed by atoms with Crippen LogP contribution in [0.25, 0.3) is 17.0 Å². The molecule has 1 aliphatic rings. The summed E-state index contributed by atoms with van der Waals surface area (Å²) in [7, 11) is 0. The maximum Gasteiger partial charge on any atom is 0.209 e. The Bertz CT molecular complexity index is 613. The predicted molar refractivity (Wildman–Crippen MR) is 76.4 cm³/mol. The maximum atomic E-state index is 4.69. The fourth-order valence-electron chi connectivity index (χ4n) is 2.11. The fourth-order valence-corrected chi connectivity index (χ4v) is 2.73. The number of aromatic nitrogens is 2. The Morgan fingerprint density at radius 1 is 1.17 bits per heavy atom. The van der Waals surface area contributed by atoms with Gasteiger partial charge in [-0.1, -0.05) is 12.1 Å². The molecule has 18 heavy (non-hydrogen) atoms. The Morgan fingerprint density at radius 2 is 2.06 bits per heavy atom. The first kappa shape index (κ1) is 11.3. The molecule has 3 nitrogen and oxygen atoms in total. The van der Waals surface area contributed by atoms with Gasteiger partial charge in [-0.05, 0) is 43.7 Å². The van der Waals surface area contributed by atoms with E-state index in [1.165, 1.54) is 29.8 Å². The lowest BCUT2D eigenvalue weighted by Gasteiger charge is -2.03. The molecule has 2 aromatic rings. The third-order valence-corrected chi connectivity index (χ3v) is 3.78. The molecule has 0 N–H and O–H groups in total. The standard InChI is InChI=1S/C14H13N3S/c1-15-14-17-13(9-18-14)12-8-4-7-11(16-12)10-5-2-3-6-10/h4-5,7-9H,1-3,6H2. The lowest BCUT2D eigenvalue weighted by Crippen LogP contribution is -1.90. The van der Waals surface area contributed by atoms with Crippen molar-refractivity contribution in [1.82, 2.24) is 9.97 Å². The predicted octanol–water partition coefficient (Wildman–Crippen LogP) is 4.10. The molecule has 0 unspecified atom stereocenters. The Morgan fingerprint density at radius 3 is 2.78 bits per heavy atom. The number of aliphatic imine (C=N–C) groups is 1. The largest absolute Gasteiger partial charge is 0.246 e. The van der Waals surface area contributed by atoms with E-state index < -0.39 is 0 Å². The van der Waals surface area contributed by atoms with Gasteiger partial charge in [0, 0.05) is 5.38 Å². The summed E-state index contributed by atoms with van der Waals surface area (Å²) >= 11 is 1.49. The van der Waals surface area contributed by atoms with Crippen LogP contribution in [0.2, 0.25) is 0 Å². The minimum absolute atomic E-state index is 0.692. The van der Waals surface area contributed by atoms with Gasteiger partial charge in [-0.3, -0.25) is 0 Å². The average molecular weight is 255 g/mol. The molecule has 0 bridgehead atoms. The molecule has 0 spiro atoms. The summed E-state index contributed by atoms with van der Waals surface area (Å²) in [6.45, 7) is 3.49. The summed E-state index contributed by atoms with van der Waals surface area (Å²) in [5.41, 5.74) is 4.22. The van der Waals surface area contributed by atoms with Gasteiger partial charge in [0.15, 0.2) is 0 Å². The van der Waals surface area contributed by atoms with Crippen molar-refractivity contribution >= 4 is 28.8 Å². The summed E-state index contributed by atoms with van der Waals surface area (Å²) in [6.07, 6.45) is 5.82. The summed E-state index contributed by atoms with van der Waals surface area (Å²) in [5.74, 6) is 0. The van der Waals surface area contributed by atoms with Gasteiger partial charge in [0.1, 0.15) is 5.69 Å². The van der Waals surface area contributed by atoms with E-state index in [0.717, 1.165) is 23.5 Å². The van der Waals surface area contributed by atoms with Crippen molar-refractivity contribution < 1.29 is 0 Å². The number of allylic oxidation sites excluding steroid dienone is 2. The lowest BCUT2D eigenvalue weighted by atomic mass is 10.1. The van der Waals surface area contributed by atoms with Gasteiger partial charge >= 0.3 is 0 Å². The van der Waals surface area contributed by atoms with Gasteiger partial charge in [-0.2, -0.15) is 0 Å². The molecule has 4 heteroatoms. The van der Waals surface area contributed by atoms with Crippen molar-refractivity contribution in [3.05, 3.63) is 35.3 Å². The molecule has 0 aliphatic heterocycles. The highest BCUT2D eigenvalue weighted by molar-refractivity contribution is 7.13. The monoisotopic (exact) mass is 255 g/mol. The first-order chi connectivity index (χ1) is 8.86. The first-order valence-corrected chi connectivity index (χ1v) is 6.84. The van der Waals surface area contributed by atoms with Gasteiger partial charge in [-0.25, -0.2) is 15.0 Å². The summed E-state index contributed by atoms with van der Waals surface area (Å²) in [6, 6.07) is 6.10. The van der Waals surface area contributed by atoms with Crippen molar-refractivity contribution in [3.8, 4) is 11.4 Å². The molecule has 0 radical (unpaired) electrons. The second-order valence-corrected chi connectivity index (χ2v) is 5.04. The highest BCUT2D eigenvalue weighted by Gasteiger charge is 2.10. The van der Waals surface area contributed by atoms with Gasteiger partial charge < -0.3 is 0 Å². The number of thiazole rings is 1. The van der Waals surface area contributed by atoms with Crippen molar-refractivity contribution in [1.29, 1.82) is 0 Å². The second kappa shape index (κ2) is 4.82. The topological polar surface area (TPSA) is 38.1 Å². The van der Waals surface area contributed by atoms with E-state index in [1.807, 2.05) is 17.5 Å². The summed E-state index contributed by atoms with van der Waals surface area (Å²) in [5, 5.41) is 2.66. The fraction of sp³-hybridized carbons (Fsp3) is 0.214. The molecule has 90 valence electrons. The van der Waals surface area contributed by atoms with E-state index in [9.17, 15) is 0 Å². The Kier molecular flexibility index (Phi) is 3.02. The smallest absolute Gasteiger partial charge is 0.209 e. The Hall–Kier alpha value is -1.81. The van der Waals surface area contributed by atoms with E-state index in [0.29, 0.717) is 5.13 Å². The third-order valence-electron chi connectivity index (χ3n) is 3.01. The zero-order valence-corrected chi connectivity index (χ0v) is 10.8. The minimum atomic E-state index is 0.692. The first-order valence-electron chi connectivity index (χ1n) is 5.96. The summed E-state index contributed by atoms with van der Waals surface area (Å²) in [4.78, 5) is 12.9. The number of pyridine rings is 1. The molecule has 3 rings (SSSR count). The SMILES string of the molecule is C=Nc1nc(-c2cccc(C3=CCCC3)n2)cs1. The van der Waals surface area contributed by atoms with Crippen LogP contribution in [-0.4, -0.2) is 16.7 Å². The number of nitrogens with zero attached hydrogens (tertiary/aromatic N) is 3. The quantitative estimate of drug-likeness (QED) is 0.774. The molecule has 2 aromatic heterocycles. The van der Waals surface area contributed by atoms with Crippen LogP contribution >= 0.6 is 11.3 Å². The molecule has 0 amide bonds. The molecule has 0 saturated carbocycles. The highest BCUT2D eigenvalue weighted by atomic mass is 32.1. The van der Waals surface area contributed by atoms with Gasteiger partial charge in [0.2, 0.25) is 5.13 Å². The normalized spacial score (nSPS) is 14.6. The van der Waals surface area contributed by atoms with E-state index in [2.05, 4.69) is 33.8 Å². The van der Waals surface area contributed by atoms with Crippen LogP contribution in [0.5, 0.6) is 0 Å². The lowest BCUT2D eigenvalue weighted by molar-refractivity contribution is 0.933. The molecule has 2 heterocycles. The van der Waals surface area contributed by atoms with Crippen LogP contribution in [0.15, 0.2) is 34.6 Å². The Labute approximate surface area is 110 Å². The molecule has 1 aliphatic carbocycles. The van der Waals surface area contributed by atoms with E-state index in [1.54, 1.807) is 0 Å². The molecular weight excluding hydrogens is 242 g/mol. The van der Waals surface area contributed by atoms with Crippen LogP contribution in [0.4, 0.5) is 5.13 Å². The van der Waals surface area contributed by atoms with Gasteiger partial charge in [-0.15, -0.1) is 11.3 Å². The Balaban J connectivity index is 1.97. The van der Waals surface area contributed by atoms with Crippen LogP contribution in [0.3, 0.4) is 0 Å². The van der Waals surface area contributed by atoms with Crippen LogP contribution in [0, 0.1) is 0 Å². The number of rotatable bonds is 3. The zero-order valence-electron chi connectivity index (χ0n) is 9.97. The maximum absolute atomic E-state index is 4.69. The summed E-state index contributed by atoms with van der Waals surface area (Å²) < 4.78 is 0. The van der Waals surface area contributed by atoms with Crippen molar-refractivity contribution in [2.45, 2.75) is 19.3 Å². The molecule has 0 saturated heterocycles. The second-order valence-electron chi connectivity index (χ2n) is 4.20. The molecule has 0 atom stereocenters. The average Bonchev–Trinajstić information content (AvgIpc) is 3.10. The van der Waals surface area contributed by atoms with E-state index >= 15 is 0 Å². The number of hydrogen-bond acceptors (Lipinski definition) is 4. The van der Waals surface area contributed by atoms with Crippen molar-refractivity contribution in [3.63, 3.8) is 0 Å².